The molecule has 7 heteroatoms. The molecule has 5 rings (SSSR count). The number of aryl methyl sites for hydroxylation is 1. The number of likely N-dealkylation sites (N-methyl/N-ethyl adjacent to an activating group) is 1. The van der Waals surface area contributed by atoms with Gasteiger partial charge < -0.3 is 18.9 Å². The molecule has 1 atom stereocenters. The number of amides is 1. The average molecular weight is 388 g/mol. The lowest BCUT2D eigenvalue weighted by Gasteiger charge is -2.16. The van der Waals surface area contributed by atoms with Gasteiger partial charge in [-0.1, -0.05) is 23.4 Å². The van der Waals surface area contributed by atoms with Gasteiger partial charge in [-0.3, -0.25) is 4.79 Å². The maximum Gasteiger partial charge on any atom is 0.262 e. The highest BCUT2D eigenvalue weighted by Crippen LogP contribution is 2.35. The topological polar surface area (TPSA) is 83.9 Å². The molecule has 0 radical (unpaired) electrons. The summed E-state index contributed by atoms with van der Waals surface area (Å²) in [5.41, 5.74) is 3.74. The summed E-state index contributed by atoms with van der Waals surface area (Å²) < 4.78 is 7.37. The van der Waals surface area contributed by atoms with Gasteiger partial charge in [0.1, 0.15) is 11.3 Å². The number of likely N-dealkylation sites (tertiary alicyclic amines) is 1. The first-order chi connectivity index (χ1) is 13.9. The quantitative estimate of drug-likeness (QED) is 0.583. The maximum atomic E-state index is 12.3. The third-order valence-corrected chi connectivity index (χ3v) is 5.49. The first-order valence-corrected chi connectivity index (χ1v) is 9.45. The summed E-state index contributed by atoms with van der Waals surface area (Å²) in [5, 5.41) is 14.9. The average Bonchev–Trinajstić information content (AvgIpc) is 3.42. The van der Waals surface area contributed by atoms with Gasteiger partial charge in [-0.25, -0.2) is 4.98 Å². The second kappa shape index (κ2) is 6.28. The van der Waals surface area contributed by atoms with Crippen LogP contribution in [0, 0.1) is 6.92 Å². The normalized spacial score (nSPS) is 19.4. The Bertz CT molecular complexity index is 1240. The number of rotatable bonds is 3. The SMILES string of the molecule is Cc1cn2cc(-c3cccc(-c4cc(C5(O)CCN(C)C5=O)on4)c3)ccc2n1. The molecule has 4 aromatic rings. The zero-order valence-corrected chi connectivity index (χ0v) is 16.2. The van der Waals surface area contributed by atoms with Crippen molar-refractivity contribution in [3.8, 4) is 22.4 Å². The Morgan fingerprint density at radius 1 is 1.10 bits per heavy atom. The summed E-state index contributed by atoms with van der Waals surface area (Å²) in [6, 6.07) is 13.6. The van der Waals surface area contributed by atoms with Crippen molar-refractivity contribution in [2.45, 2.75) is 18.9 Å². The molecule has 3 aromatic heterocycles. The van der Waals surface area contributed by atoms with Crippen molar-refractivity contribution in [1.29, 1.82) is 0 Å². The number of benzene rings is 1. The molecule has 1 unspecified atom stereocenters. The second-order valence-electron chi connectivity index (χ2n) is 7.56. The number of carbonyl (C=O) groups is 1. The van der Waals surface area contributed by atoms with E-state index in [1.807, 2.05) is 60.1 Å². The van der Waals surface area contributed by atoms with Crippen LogP contribution in [0.4, 0.5) is 0 Å². The van der Waals surface area contributed by atoms with Crippen molar-refractivity contribution in [2.24, 2.45) is 0 Å². The molecular formula is C22H20N4O3. The number of hydrogen-bond donors (Lipinski definition) is 1. The highest BCUT2D eigenvalue weighted by molar-refractivity contribution is 5.87. The Kier molecular flexibility index (Phi) is 3.82. The molecule has 1 aromatic carbocycles. The van der Waals surface area contributed by atoms with Crippen molar-refractivity contribution >= 4 is 11.6 Å². The van der Waals surface area contributed by atoms with Crippen molar-refractivity contribution in [1.82, 2.24) is 19.4 Å². The Morgan fingerprint density at radius 3 is 2.72 bits per heavy atom. The highest BCUT2D eigenvalue weighted by atomic mass is 16.5. The Balaban J connectivity index is 1.50. The zero-order chi connectivity index (χ0) is 20.2. The van der Waals surface area contributed by atoms with Gasteiger partial charge in [0.2, 0.25) is 5.60 Å². The van der Waals surface area contributed by atoms with Crippen LogP contribution in [0.3, 0.4) is 0 Å². The van der Waals surface area contributed by atoms with Crippen molar-refractivity contribution < 1.29 is 14.4 Å². The van der Waals surface area contributed by atoms with E-state index < -0.39 is 5.60 Å². The molecule has 1 amide bonds. The summed E-state index contributed by atoms with van der Waals surface area (Å²) in [7, 11) is 1.67. The van der Waals surface area contributed by atoms with Gasteiger partial charge in [-0.2, -0.15) is 0 Å². The first kappa shape index (κ1) is 17.6. The molecule has 29 heavy (non-hydrogen) atoms. The molecule has 0 saturated carbocycles. The fourth-order valence-electron chi connectivity index (χ4n) is 3.84. The lowest BCUT2D eigenvalue weighted by Crippen LogP contribution is -2.35. The highest BCUT2D eigenvalue weighted by Gasteiger charge is 2.48. The summed E-state index contributed by atoms with van der Waals surface area (Å²) in [4.78, 5) is 18.3. The molecule has 0 bridgehead atoms. The third kappa shape index (κ3) is 2.82. The third-order valence-electron chi connectivity index (χ3n) is 5.49. The van der Waals surface area contributed by atoms with Gasteiger partial charge in [0.25, 0.3) is 5.91 Å². The molecule has 146 valence electrons. The van der Waals surface area contributed by atoms with Gasteiger partial charge in [-0.15, -0.1) is 0 Å². The van der Waals surface area contributed by atoms with Crippen LogP contribution in [-0.4, -0.2) is 44.0 Å². The predicted octanol–water partition coefficient (Wildman–Crippen LogP) is 3.01. The van der Waals surface area contributed by atoms with E-state index in [1.165, 1.54) is 4.90 Å². The van der Waals surface area contributed by atoms with E-state index in [1.54, 1.807) is 13.1 Å². The van der Waals surface area contributed by atoms with Gasteiger partial charge in [0.05, 0.1) is 5.69 Å². The van der Waals surface area contributed by atoms with Crippen LogP contribution in [0.2, 0.25) is 0 Å². The van der Waals surface area contributed by atoms with Crippen LogP contribution >= 0.6 is 0 Å². The monoisotopic (exact) mass is 388 g/mol. The number of aromatic nitrogens is 3. The number of carbonyl (C=O) groups excluding carboxylic acids is 1. The molecule has 1 aliphatic rings. The van der Waals surface area contributed by atoms with E-state index in [9.17, 15) is 9.90 Å². The van der Waals surface area contributed by atoms with E-state index in [-0.39, 0.29) is 11.7 Å². The second-order valence-corrected chi connectivity index (χ2v) is 7.56. The first-order valence-electron chi connectivity index (χ1n) is 9.45. The fourth-order valence-corrected chi connectivity index (χ4v) is 3.84. The lowest BCUT2D eigenvalue weighted by atomic mass is 9.97. The molecule has 1 N–H and O–H groups in total. The Labute approximate surface area is 167 Å². The van der Waals surface area contributed by atoms with E-state index in [4.69, 9.17) is 4.52 Å². The smallest absolute Gasteiger partial charge is 0.262 e. The predicted molar refractivity (Wildman–Crippen MR) is 107 cm³/mol. The minimum atomic E-state index is -1.64. The largest absolute Gasteiger partial charge is 0.373 e. The summed E-state index contributed by atoms with van der Waals surface area (Å²) in [6.45, 7) is 2.45. The summed E-state index contributed by atoms with van der Waals surface area (Å²) >= 11 is 0. The molecule has 0 spiro atoms. The number of fused-ring (bicyclic) bond motifs is 1. The number of nitrogens with zero attached hydrogens (tertiary/aromatic N) is 4. The molecule has 1 fully saturated rings. The van der Waals surface area contributed by atoms with Gasteiger partial charge in [-0.05, 0) is 36.2 Å². The van der Waals surface area contributed by atoms with Crippen LogP contribution in [0.5, 0.6) is 0 Å². The van der Waals surface area contributed by atoms with Crippen LogP contribution in [-0.2, 0) is 10.4 Å². The van der Waals surface area contributed by atoms with E-state index in [0.717, 1.165) is 28.0 Å². The van der Waals surface area contributed by atoms with E-state index in [2.05, 4.69) is 10.1 Å². The standard InChI is InChI=1S/C22H20N4O3/c1-14-12-26-13-17(6-7-20(26)23-14)15-4-3-5-16(10-15)18-11-19(29-24-18)22(28)8-9-25(2)21(22)27/h3-7,10-13,28H,8-9H2,1-2H3. The van der Waals surface area contributed by atoms with Crippen molar-refractivity contribution in [3.05, 3.63) is 66.3 Å². The molecule has 1 aliphatic heterocycles. The van der Waals surface area contributed by atoms with Crippen LogP contribution in [0.25, 0.3) is 28.0 Å². The molecule has 7 nitrogen and oxygen atoms in total. The number of imidazole rings is 1. The Morgan fingerprint density at radius 2 is 1.93 bits per heavy atom. The minimum Gasteiger partial charge on any atom is -0.373 e. The molecule has 1 saturated heterocycles. The van der Waals surface area contributed by atoms with Crippen LogP contribution in [0.15, 0.2) is 59.4 Å². The minimum absolute atomic E-state index is 0.183. The van der Waals surface area contributed by atoms with Crippen LogP contribution < -0.4 is 0 Å². The fraction of sp³-hybridized carbons (Fsp3) is 0.227. The lowest BCUT2D eigenvalue weighted by molar-refractivity contribution is -0.144. The molecular weight excluding hydrogens is 368 g/mol. The van der Waals surface area contributed by atoms with Gasteiger partial charge in [0, 0.05) is 44.0 Å². The zero-order valence-electron chi connectivity index (χ0n) is 16.2. The number of aliphatic hydroxyl groups is 1. The van der Waals surface area contributed by atoms with Gasteiger partial charge in [0.15, 0.2) is 5.76 Å². The molecule has 0 aliphatic carbocycles. The van der Waals surface area contributed by atoms with Gasteiger partial charge >= 0.3 is 0 Å². The molecule has 4 heterocycles. The summed E-state index contributed by atoms with van der Waals surface area (Å²) in [6.07, 6.45) is 4.32. The summed E-state index contributed by atoms with van der Waals surface area (Å²) in [5.74, 6) is -0.180. The van der Waals surface area contributed by atoms with E-state index in [0.29, 0.717) is 18.7 Å². The van der Waals surface area contributed by atoms with Crippen molar-refractivity contribution in [2.75, 3.05) is 13.6 Å². The van der Waals surface area contributed by atoms with E-state index >= 15 is 0 Å². The van der Waals surface area contributed by atoms with Crippen LogP contribution in [0.1, 0.15) is 17.9 Å². The number of hydrogen-bond acceptors (Lipinski definition) is 5. The maximum absolute atomic E-state index is 12.3. The Hall–Kier alpha value is -3.45. The van der Waals surface area contributed by atoms with Crippen molar-refractivity contribution in [3.63, 3.8) is 0 Å². The number of pyridine rings is 1.